The van der Waals surface area contributed by atoms with Gasteiger partial charge in [-0.15, -0.1) is 0 Å². The van der Waals surface area contributed by atoms with Crippen LogP contribution in [0.2, 0.25) is 10.0 Å². The highest BCUT2D eigenvalue weighted by molar-refractivity contribution is 9.10. The summed E-state index contributed by atoms with van der Waals surface area (Å²) in [6.07, 6.45) is 3.67. The van der Waals surface area contributed by atoms with Crippen LogP contribution in [0.15, 0.2) is 45.6 Å². The molecular weight excluding hydrogens is 585 g/mol. The number of halogens is 4. The van der Waals surface area contributed by atoms with E-state index in [9.17, 15) is 9.59 Å². The second-order valence-electron chi connectivity index (χ2n) is 7.43. The van der Waals surface area contributed by atoms with Crippen LogP contribution in [0, 0.1) is 5.92 Å². The van der Waals surface area contributed by atoms with E-state index in [4.69, 9.17) is 23.2 Å². The Labute approximate surface area is 211 Å². The number of amides is 2. The van der Waals surface area contributed by atoms with Crippen molar-refractivity contribution in [1.29, 1.82) is 0 Å². The number of carbonyl (C=O) groups excluding carboxylic acids is 2. The molecule has 0 spiro atoms. The van der Waals surface area contributed by atoms with Crippen LogP contribution in [0.4, 0.5) is 11.5 Å². The highest BCUT2D eigenvalue weighted by atomic mass is 79.9. The molecule has 2 heterocycles. The number of hydrogen-bond acceptors (Lipinski definition) is 4. The van der Waals surface area contributed by atoms with Crippen LogP contribution >= 0.6 is 55.1 Å². The van der Waals surface area contributed by atoms with Crippen molar-refractivity contribution in [2.75, 3.05) is 4.90 Å². The maximum atomic E-state index is 13.6. The Kier molecular flexibility index (Phi) is 6.90. The van der Waals surface area contributed by atoms with Crippen molar-refractivity contribution in [3.63, 3.8) is 0 Å². The van der Waals surface area contributed by atoms with Crippen molar-refractivity contribution in [2.24, 2.45) is 5.92 Å². The van der Waals surface area contributed by atoms with Crippen molar-refractivity contribution in [1.82, 2.24) is 20.5 Å². The number of pyridine rings is 1. The molecule has 1 aliphatic rings. The third kappa shape index (κ3) is 4.85. The lowest BCUT2D eigenvalue weighted by atomic mass is 10.1. The van der Waals surface area contributed by atoms with Crippen molar-refractivity contribution in [2.45, 2.75) is 25.8 Å². The average molecular weight is 602 g/mol. The fraction of sp³-hybridized carbons (Fsp3) is 0.238. The van der Waals surface area contributed by atoms with Gasteiger partial charge in [0.05, 0.1) is 16.3 Å². The Bertz CT molecular complexity index is 1200. The van der Waals surface area contributed by atoms with Crippen LogP contribution in [-0.4, -0.2) is 33.0 Å². The lowest BCUT2D eigenvalue weighted by Crippen LogP contribution is -2.36. The van der Waals surface area contributed by atoms with Gasteiger partial charge in [-0.1, -0.05) is 23.2 Å². The van der Waals surface area contributed by atoms with E-state index >= 15 is 0 Å². The Morgan fingerprint density at radius 3 is 2.62 bits per heavy atom. The summed E-state index contributed by atoms with van der Waals surface area (Å²) in [6.45, 7) is 1.97. The van der Waals surface area contributed by atoms with Gasteiger partial charge in [0, 0.05) is 27.8 Å². The smallest absolute Gasteiger partial charge is 0.284 e. The fourth-order valence-corrected chi connectivity index (χ4v) is 4.83. The summed E-state index contributed by atoms with van der Waals surface area (Å²) in [4.78, 5) is 32.5. The molecule has 11 heteroatoms. The molecule has 1 aromatic carbocycles. The monoisotopic (exact) mass is 599 g/mol. The number of hydrogen-bond donors (Lipinski definition) is 2. The second-order valence-corrected chi connectivity index (χ2v) is 9.99. The summed E-state index contributed by atoms with van der Waals surface area (Å²) < 4.78 is 0.957. The number of rotatable bonds is 6. The lowest BCUT2D eigenvalue weighted by molar-refractivity contribution is 0.0936. The van der Waals surface area contributed by atoms with E-state index in [-0.39, 0.29) is 39.7 Å². The summed E-state index contributed by atoms with van der Waals surface area (Å²) in [5, 5.41) is 10.3. The molecular formula is C21H17Br2Cl2N5O2. The number of anilines is 2. The molecule has 32 heavy (non-hydrogen) atoms. The van der Waals surface area contributed by atoms with Crippen molar-refractivity contribution < 1.29 is 9.59 Å². The number of aromatic amines is 1. The van der Waals surface area contributed by atoms with Crippen molar-refractivity contribution >= 4 is 78.4 Å². The number of nitrogens with zero attached hydrogens (tertiary/aromatic N) is 3. The van der Waals surface area contributed by atoms with Gasteiger partial charge in [0.25, 0.3) is 11.8 Å². The molecule has 4 rings (SSSR count). The summed E-state index contributed by atoms with van der Waals surface area (Å²) in [5.74, 6) is -0.268. The minimum Gasteiger partial charge on any atom is -0.349 e. The van der Waals surface area contributed by atoms with Gasteiger partial charge in [0.2, 0.25) is 0 Å². The predicted octanol–water partition coefficient (Wildman–Crippen LogP) is 6.14. The number of H-pyrrole nitrogens is 1. The topological polar surface area (TPSA) is 91.0 Å². The highest BCUT2D eigenvalue weighted by Crippen LogP contribution is 2.40. The normalized spacial score (nSPS) is 14.2. The van der Waals surface area contributed by atoms with Crippen LogP contribution in [0.3, 0.4) is 0 Å². The average Bonchev–Trinajstić information content (AvgIpc) is 3.51. The zero-order valence-electron chi connectivity index (χ0n) is 16.7. The summed E-state index contributed by atoms with van der Waals surface area (Å²) in [7, 11) is 0. The lowest BCUT2D eigenvalue weighted by Gasteiger charge is -2.26. The molecule has 1 atom stereocenters. The van der Waals surface area contributed by atoms with Gasteiger partial charge in [-0.05, 0) is 81.8 Å². The third-order valence-electron chi connectivity index (χ3n) is 5.10. The van der Waals surface area contributed by atoms with Gasteiger partial charge < -0.3 is 5.32 Å². The van der Waals surface area contributed by atoms with Crippen LogP contribution in [0.1, 0.15) is 40.6 Å². The maximum Gasteiger partial charge on any atom is 0.284 e. The number of benzene rings is 1. The molecule has 0 aliphatic heterocycles. The van der Waals surface area contributed by atoms with Crippen LogP contribution in [-0.2, 0) is 0 Å². The van der Waals surface area contributed by atoms with Gasteiger partial charge in [-0.25, -0.2) is 4.98 Å². The molecule has 1 saturated carbocycles. The minimum atomic E-state index is -0.528. The van der Waals surface area contributed by atoms with E-state index in [1.54, 1.807) is 18.2 Å². The highest BCUT2D eigenvalue weighted by Gasteiger charge is 2.33. The van der Waals surface area contributed by atoms with Crippen LogP contribution in [0.25, 0.3) is 0 Å². The second kappa shape index (κ2) is 9.51. The van der Waals surface area contributed by atoms with E-state index in [0.717, 1.165) is 12.8 Å². The molecule has 1 aliphatic carbocycles. The zero-order valence-corrected chi connectivity index (χ0v) is 21.4. The largest absolute Gasteiger partial charge is 0.349 e. The molecule has 3 aromatic rings. The molecule has 2 aromatic heterocycles. The molecule has 0 saturated heterocycles. The molecule has 7 nitrogen and oxygen atoms in total. The summed E-state index contributed by atoms with van der Waals surface area (Å²) in [5.41, 5.74) is 0.583. The van der Waals surface area contributed by atoms with Gasteiger partial charge in [0.1, 0.15) is 4.60 Å². The molecule has 166 valence electrons. The summed E-state index contributed by atoms with van der Waals surface area (Å²) >= 11 is 19.4. The first kappa shape index (κ1) is 23.2. The van der Waals surface area contributed by atoms with E-state index in [0.29, 0.717) is 20.0 Å². The summed E-state index contributed by atoms with van der Waals surface area (Å²) in [6, 6.07) is 7.93. The Morgan fingerprint density at radius 1 is 1.25 bits per heavy atom. The van der Waals surface area contributed by atoms with Crippen LogP contribution in [0.5, 0.6) is 0 Å². The van der Waals surface area contributed by atoms with Gasteiger partial charge >= 0.3 is 0 Å². The molecule has 2 amide bonds. The first-order chi connectivity index (χ1) is 15.3. The minimum absolute atomic E-state index is 0.00186. The number of aromatic nitrogens is 3. The van der Waals surface area contributed by atoms with Gasteiger partial charge in [-0.2, -0.15) is 5.10 Å². The molecule has 2 N–H and O–H groups in total. The number of carbonyl (C=O) groups is 2. The van der Waals surface area contributed by atoms with Crippen molar-refractivity contribution in [3.8, 4) is 0 Å². The molecule has 0 bridgehead atoms. The Morgan fingerprint density at radius 2 is 2.00 bits per heavy atom. The number of nitrogens with one attached hydrogen (secondary N) is 2. The molecule has 1 unspecified atom stereocenters. The quantitative estimate of drug-likeness (QED) is 0.355. The fourth-order valence-electron chi connectivity index (χ4n) is 3.33. The first-order valence-electron chi connectivity index (χ1n) is 9.72. The first-order valence-corrected chi connectivity index (χ1v) is 12.1. The van der Waals surface area contributed by atoms with Gasteiger partial charge in [0.15, 0.2) is 11.5 Å². The van der Waals surface area contributed by atoms with E-state index < -0.39 is 5.91 Å². The van der Waals surface area contributed by atoms with Crippen molar-refractivity contribution in [3.05, 3.63) is 66.9 Å². The van der Waals surface area contributed by atoms with E-state index in [1.807, 2.05) is 6.92 Å². The molecule has 0 radical (unpaired) electrons. The van der Waals surface area contributed by atoms with E-state index in [2.05, 4.69) is 52.4 Å². The van der Waals surface area contributed by atoms with Crippen LogP contribution < -0.4 is 10.2 Å². The Balaban J connectivity index is 1.87. The third-order valence-corrected chi connectivity index (χ3v) is 6.63. The predicted molar refractivity (Wildman–Crippen MR) is 131 cm³/mol. The maximum absolute atomic E-state index is 13.6. The molecule has 1 fully saturated rings. The Hall–Kier alpha value is -1.94. The van der Waals surface area contributed by atoms with Gasteiger partial charge in [-0.3, -0.25) is 19.6 Å². The zero-order chi connectivity index (χ0) is 23.0. The van der Waals surface area contributed by atoms with E-state index in [1.165, 1.54) is 23.2 Å². The SMILES string of the molecule is CC(NC(=O)c1cc(Cl)cc(Br)c1N(C(=O)c1cc(Br)[nH]n1)c1ncccc1Cl)C1CC1. The standard InChI is InChI=1S/C21H17Br2Cl2N5O2/c1-10(11-4-5-11)27-20(31)13-7-12(24)8-14(22)18(13)30(19-15(25)3-2-6-26-19)21(32)16-9-17(23)29-28-16/h2-3,6-11H,4-5H2,1H3,(H,27,31)(H,28,29).